The minimum absolute atomic E-state index is 0.260. The average Bonchev–Trinajstić information content (AvgIpc) is 2.75. The van der Waals surface area contributed by atoms with E-state index >= 15 is 0 Å². The molecule has 136 valence electrons. The van der Waals surface area contributed by atoms with Gasteiger partial charge in [0.1, 0.15) is 12.3 Å². The third-order valence-corrected chi connectivity index (χ3v) is 5.36. The molecule has 0 radical (unpaired) electrons. The molecule has 3 rings (SSSR count). The van der Waals surface area contributed by atoms with E-state index in [0.29, 0.717) is 10.0 Å². The standard InChI is InChI=1S/C18H15BrCl2N2O3/c1-18(9-11-2-4-12(19)5-3-11)16(25)23(17(26)22(18)10-24)15-7-13(20)6-14(21)8-15/h2-8,24H,9-10H2,1H3. The number of aliphatic hydroxyl groups is 1. The van der Waals surface area contributed by atoms with Gasteiger partial charge in [0.25, 0.3) is 5.91 Å². The van der Waals surface area contributed by atoms with Gasteiger partial charge in [-0.05, 0) is 42.8 Å². The number of nitrogens with zero attached hydrogens (tertiary/aromatic N) is 2. The van der Waals surface area contributed by atoms with E-state index < -0.39 is 24.2 Å². The van der Waals surface area contributed by atoms with Crippen molar-refractivity contribution in [2.24, 2.45) is 0 Å². The van der Waals surface area contributed by atoms with Gasteiger partial charge in [0, 0.05) is 20.9 Å². The fourth-order valence-electron chi connectivity index (χ4n) is 3.06. The molecule has 1 heterocycles. The summed E-state index contributed by atoms with van der Waals surface area (Å²) in [6.07, 6.45) is 0.260. The molecule has 3 amide bonds. The van der Waals surface area contributed by atoms with Crippen LogP contribution < -0.4 is 4.90 Å². The van der Waals surface area contributed by atoms with Crippen LogP contribution in [0.5, 0.6) is 0 Å². The Labute approximate surface area is 169 Å². The van der Waals surface area contributed by atoms with Gasteiger partial charge in [-0.1, -0.05) is 51.3 Å². The third kappa shape index (κ3) is 3.34. The topological polar surface area (TPSA) is 60.9 Å². The number of rotatable bonds is 4. The predicted molar refractivity (Wildman–Crippen MR) is 105 cm³/mol. The maximum atomic E-state index is 13.2. The molecule has 0 aliphatic carbocycles. The number of imide groups is 1. The van der Waals surface area contributed by atoms with E-state index in [0.717, 1.165) is 19.8 Å². The highest BCUT2D eigenvalue weighted by Gasteiger charge is 2.54. The smallest absolute Gasteiger partial charge is 0.334 e. The van der Waals surface area contributed by atoms with Crippen LogP contribution in [-0.4, -0.2) is 34.2 Å². The highest BCUT2D eigenvalue weighted by atomic mass is 79.9. The summed E-state index contributed by atoms with van der Waals surface area (Å²) >= 11 is 15.4. The number of halogens is 3. The lowest BCUT2D eigenvalue weighted by Gasteiger charge is -2.30. The van der Waals surface area contributed by atoms with Crippen LogP contribution in [0.15, 0.2) is 46.9 Å². The third-order valence-electron chi connectivity index (χ3n) is 4.39. The molecule has 2 aromatic rings. The van der Waals surface area contributed by atoms with Crippen LogP contribution in [-0.2, 0) is 11.2 Å². The molecular weight excluding hydrogens is 443 g/mol. The van der Waals surface area contributed by atoms with Crippen molar-refractivity contribution in [1.29, 1.82) is 0 Å². The number of carbonyl (C=O) groups is 2. The lowest BCUT2D eigenvalue weighted by molar-refractivity contribution is -0.125. The fraction of sp³-hybridized carbons (Fsp3) is 0.222. The van der Waals surface area contributed by atoms with Crippen LogP contribution in [0.3, 0.4) is 0 Å². The molecule has 8 heteroatoms. The molecule has 0 saturated carbocycles. The van der Waals surface area contributed by atoms with Crippen molar-refractivity contribution < 1.29 is 14.7 Å². The zero-order valence-electron chi connectivity index (χ0n) is 13.7. The molecule has 0 aromatic heterocycles. The van der Waals surface area contributed by atoms with Crippen molar-refractivity contribution >= 4 is 56.8 Å². The molecule has 1 unspecified atom stereocenters. The molecule has 1 aliphatic rings. The Kier molecular flexibility index (Phi) is 5.30. The number of hydrogen-bond donors (Lipinski definition) is 1. The predicted octanol–water partition coefficient (Wildman–Crippen LogP) is 4.48. The Morgan fingerprint density at radius 3 is 2.19 bits per heavy atom. The summed E-state index contributed by atoms with van der Waals surface area (Å²) < 4.78 is 0.912. The molecule has 1 N–H and O–H groups in total. The second-order valence-electron chi connectivity index (χ2n) is 6.20. The zero-order valence-corrected chi connectivity index (χ0v) is 16.8. The van der Waals surface area contributed by atoms with E-state index in [1.54, 1.807) is 6.92 Å². The van der Waals surface area contributed by atoms with Gasteiger partial charge in [-0.3, -0.25) is 9.69 Å². The summed E-state index contributed by atoms with van der Waals surface area (Å²) in [6, 6.07) is 11.3. The Morgan fingerprint density at radius 1 is 1.08 bits per heavy atom. The summed E-state index contributed by atoms with van der Waals surface area (Å²) in [5.41, 5.74) is -0.0918. The quantitative estimate of drug-likeness (QED) is 0.688. The number of urea groups is 1. The Balaban J connectivity index is 2.01. The highest BCUT2D eigenvalue weighted by molar-refractivity contribution is 9.10. The number of carbonyl (C=O) groups excluding carboxylic acids is 2. The molecule has 26 heavy (non-hydrogen) atoms. The van der Waals surface area contributed by atoms with Crippen LogP contribution in [0, 0.1) is 0 Å². The number of aliphatic hydroxyl groups excluding tert-OH is 1. The van der Waals surface area contributed by atoms with Gasteiger partial charge >= 0.3 is 6.03 Å². The van der Waals surface area contributed by atoms with Crippen LogP contribution >= 0.6 is 39.1 Å². The molecule has 2 aromatic carbocycles. The van der Waals surface area contributed by atoms with Gasteiger partial charge < -0.3 is 5.11 Å². The second kappa shape index (κ2) is 7.19. The normalized spacial score (nSPS) is 20.2. The average molecular weight is 458 g/mol. The first-order valence-electron chi connectivity index (χ1n) is 7.74. The molecule has 0 spiro atoms. The van der Waals surface area contributed by atoms with E-state index in [1.807, 2.05) is 24.3 Å². The molecule has 1 atom stereocenters. The highest BCUT2D eigenvalue weighted by Crippen LogP contribution is 2.36. The van der Waals surface area contributed by atoms with Crippen molar-refractivity contribution in [2.45, 2.75) is 18.9 Å². The first kappa shape index (κ1) is 19.2. The summed E-state index contributed by atoms with van der Waals surface area (Å²) in [5.74, 6) is -0.446. The summed E-state index contributed by atoms with van der Waals surface area (Å²) in [4.78, 5) is 28.1. The van der Waals surface area contributed by atoms with Gasteiger partial charge in [-0.2, -0.15) is 0 Å². The second-order valence-corrected chi connectivity index (χ2v) is 7.99. The molecular formula is C18H15BrCl2N2O3. The largest absolute Gasteiger partial charge is 0.376 e. The van der Waals surface area contributed by atoms with E-state index in [-0.39, 0.29) is 12.1 Å². The van der Waals surface area contributed by atoms with Crippen molar-refractivity contribution in [1.82, 2.24) is 4.90 Å². The molecule has 1 saturated heterocycles. The number of amides is 3. The van der Waals surface area contributed by atoms with Crippen molar-refractivity contribution in [3.05, 3.63) is 62.5 Å². The van der Waals surface area contributed by atoms with Crippen molar-refractivity contribution in [3.63, 3.8) is 0 Å². The van der Waals surface area contributed by atoms with Gasteiger partial charge in [0.05, 0.1) is 5.69 Å². The molecule has 0 bridgehead atoms. The lowest BCUT2D eigenvalue weighted by Crippen LogP contribution is -2.49. The maximum absolute atomic E-state index is 13.2. The van der Waals surface area contributed by atoms with Crippen LogP contribution in [0.4, 0.5) is 10.5 Å². The minimum atomic E-state index is -1.23. The molecule has 5 nitrogen and oxygen atoms in total. The lowest BCUT2D eigenvalue weighted by atomic mass is 9.91. The monoisotopic (exact) mass is 456 g/mol. The van der Waals surface area contributed by atoms with E-state index in [4.69, 9.17) is 23.2 Å². The van der Waals surface area contributed by atoms with Crippen LogP contribution in [0.25, 0.3) is 0 Å². The van der Waals surface area contributed by atoms with E-state index in [2.05, 4.69) is 15.9 Å². The number of benzene rings is 2. The van der Waals surface area contributed by atoms with Crippen molar-refractivity contribution in [2.75, 3.05) is 11.6 Å². The van der Waals surface area contributed by atoms with E-state index in [9.17, 15) is 14.7 Å². The number of anilines is 1. The summed E-state index contributed by atoms with van der Waals surface area (Å²) in [5, 5.41) is 10.4. The van der Waals surface area contributed by atoms with Crippen LogP contribution in [0.2, 0.25) is 10.0 Å². The first-order chi connectivity index (χ1) is 12.3. The molecule has 1 fully saturated rings. The van der Waals surface area contributed by atoms with Crippen LogP contribution in [0.1, 0.15) is 12.5 Å². The van der Waals surface area contributed by atoms with Gasteiger partial charge in [0.2, 0.25) is 0 Å². The SMILES string of the molecule is CC1(Cc2ccc(Br)cc2)C(=O)N(c2cc(Cl)cc(Cl)c2)C(=O)N1CO. The Bertz CT molecular complexity index is 855. The minimum Gasteiger partial charge on any atom is -0.376 e. The zero-order chi connectivity index (χ0) is 19.1. The Morgan fingerprint density at radius 2 is 1.65 bits per heavy atom. The first-order valence-corrected chi connectivity index (χ1v) is 9.29. The van der Waals surface area contributed by atoms with Gasteiger partial charge in [-0.15, -0.1) is 0 Å². The molecule has 1 aliphatic heterocycles. The number of hydrogen-bond acceptors (Lipinski definition) is 3. The maximum Gasteiger partial charge on any atom is 0.334 e. The fourth-order valence-corrected chi connectivity index (χ4v) is 3.84. The Hall–Kier alpha value is -1.60. The van der Waals surface area contributed by atoms with Gasteiger partial charge in [0.15, 0.2) is 0 Å². The van der Waals surface area contributed by atoms with E-state index in [1.165, 1.54) is 18.2 Å². The summed E-state index contributed by atoms with van der Waals surface area (Å²) in [6.45, 7) is 1.06. The summed E-state index contributed by atoms with van der Waals surface area (Å²) in [7, 11) is 0. The van der Waals surface area contributed by atoms with Crippen molar-refractivity contribution in [3.8, 4) is 0 Å². The van der Waals surface area contributed by atoms with Gasteiger partial charge in [-0.25, -0.2) is 9.69 Å².